The summed E-state index contributed by atoms with van der Waals surface area (Å²) in [6.45, 7) is 2.18. The maximum absolute atomic E-state index is 3.34. The van der Waals surface area contributed by atoms with Gasteiger partial charge in [-0.2, -0.15) is 0 Å². The zero-order chi connectivity index (χ0) is 6.97. The van der Waals surface area contributed by atoms with Crippen molar-refractivity contribution >= 4 is 12.4 Å². The van der Waals surface area contributed by atoms with Crippen LogP contribution in [0.3, 0.4) is 0 Å². The van der Waals surface area contributed by atoms with Gasteiger partial charge in [0.2, 0.25) is 0 Å². The monoisotopic (exact) mass is 172 g/mol. The average Bonchev–Trinajstić information content (AvgIpc) is 2.34. The van der Waals surface area contributed by atoms with Crippen LogP contribution < -0.4 is 5.32 Å². The van der Waals surface area contributed by atoms with Crippen molar-refractivity contribution in [3.05, 3.63) is 23.5 Å². The quantitative estimate of drug-likeness (QED) is 0.620. The molecule has 0 atom stereocenters. The van der Waals surface area contributed by atoms with Gasteiger partial charge in [-0.05, 0) is 11.6 Å². The van der Waals surface area contributed by atoms with Crippen molar-refractivity contribution in [2.45, 2.75) is 13.0 Å². The summed E-state index contributed by atoms with van der Waals surface area (Å²) in [5, 5.41) is 3.34. The molecule has 2 heterocycles. The molecular weight excluding hydrogens is 160 g/mol. The van der Waals surface area contributed by atoms with E-state index in [0.717, 1.165) is 13.1 Å². The molecule has 1 aromatic rings. The predicted molar refractivity (Wildman–Crippen MR) is 48.1 cm³/mol. The van der Waals surface area contributed by atoms with Crippen molar-refractivity contribution in [1.82, 2.24) is 9.88 Å². The Kier molecular flexibility index (Phi) is 2.58. The molecule has 1 N–H and O–H groups in total. The van der Waals surface area contributed by atoms with Crippen molar-refractivity contribution < 1.29 is 0 Å². The van der Waals surface area contributed by atoms with Crippen LogP contribution in [0.25, 0.3) is 0 Å². The summed E-state index contributed by atoms with van der Waals surface area (Å²) >= 11 is 0. The number of fused-ring (bicyclic) bond motifs is 1. The van der Waals surface area contributed by atoms with Gasteiger partial charge in [0, 0.05) is 38.4 Å². The Bertz CT molecular complexity index is 242. The highest BCUT2D eigenvalue weighted by molar-refractivity contribution is 5.85. The Morgan fingerprint density at radius 1 is 1.55 bits per heavy atom. The number of hydrogen-bond donors (Lipinski definition) is 1. The molecule has 0 saturated carbocycles. The molecule has 1 aliphatic rings. The van der Waals surface area contributed by atoms with E-state index < -0.39 is 0 Å². The topological polar surface area (TPSA) is 17.0 Å². The molecule has 1 aromatic heterocycles. The van der Waals surface area contributed by atoms with Gasteiger partial charge in [-0.15, -0.1) is 12.4 Å². The molecule has 0 fully saturated rings. The maximum atomic E-state index is 3.34. The number of aromatic nitrogens is 1. The van der Waals surface area contributed by atoms with Gasteiger partial charge >= 0.3 is 0 Å². The maximum Gasteiger partial charge on any atom is 0.0229 e. The van der Waals surface area contributed by atoms with Gasteiger partial charge in [-0.25, -0.2) is 0 Å². The van der Waals surface area contributed by atoms with Crippen molar-refractivity contribution in [2.75, 3.05) is 6.54 Å². The Hall–Kier alpha value is -0.470. The molecule has 0 saturated heterocycles. The zero-order valence-electron chi connectivity index (χ0n) is 6.63. The highest BCUT2D eigenvalue weighted by Gasteiger charge is 2.09. The first-order chi connectivity index (χ1) is 4.88. The molecule has 0 aromatic carbocycles. The summed E-state index contributed by atoms with van der Waals surface area (Å²) in [6.07, 6.45) is 3.32. The number of hydrogen-bond acceptors (Lipinski definition) is 1. The lowest BCUT2D eigenvalue weighted by Crippen LogP contribution is -2.23. The van der Waals surface area contributed by atoms with Crippen LogP contribution in [-0.2, 0) is 20.0 Å². The van der Waals surface area contributed by atoms with Crippen LogP contribution in [0.4, 0.5) is 0 Å². The van der Waals surface area contributed by atoms with E-state index in [9.17, 15) is 0 Å². The third-order valence-corrected chi connectivity index (χ3v) is 2.15. The molecule has 2 rings (SSSR count). The van der Waals surface area contributed by atoms with E-state index in [1.54, 1.807) is 0 Å². The van der Waals surface area contributed by atoms with E-state index in [-0.39, 0.29) is 12.4 Å². The molecule has 0 amide bonds. The Balaban J connectivity index is 0.000000605. The van der Waals surface area contributed by atoms with Crippen molar-refractivity contribution in [2.24, 2.45) is 7.05 Å². The normalized spacial score (nSPS) is 15.4. The second kappa shape index (κ2) is 3.28. The summed E-state index contributed by atoms with van der Waals surface area (Å²) in [6, 6.07) is 2.20. The van der Waals surface area contributed by atoms with Gasteiger partial charge in [0.05, 0.1) is 0 Å². The van der Waals surface area contributed by atoms with E-state index in [2.05, 4.69) is 29.2 Å². The summed E-state index contributed by atoms with van der Waals surface area (Å²) in [7, 11) is 2.12. The fourth-order valence-electron chi connectivity index (χ4n) is 1.54. The molecule has 3 heteroatoms. The molecule has 0 aliphatic carbocycles. The zero-order valence-corrected chi connectivity index (χ0v) is 7.45. The third kappa shape index (κ3) is 1.42. The van der Waals surface area contributed by atoms with E-state index in [1.807, 2.05) is 0 Å². The average molecular weight is 173 g/mol. The molecule has 0 radical (unpaired) electrons. The summed E-state index contributed by atoms with van der Waals surface area (Å²) in [5.74, 6) is 0. The minimum Gasteiger partial charge on any atom is -0.354 e. The molecule has 1 aliphatic heterocycles. The van der Waals surface area contributed by atoms with Gasteiger partial charge < -0.3 is 9.88 Å². The smallest absolute Gasteiger partial charge is 0.0229 e. The van der Waals surface area contributed by atoms with Crippen LogP contribution in [0.1, 0.15) is 11.3 Å². The first-order valence-electron chi connectivity index (χ1n) is 3.72. The molecular formula is C8H13ClN2. The van der Waals surface area contributed by atoms with Gasteiger partial charge in [-0.3, -0.25) is 0 Å². The minimum atomic E-state index is 0. The Labute approximate surface area is 73.0 Å². The molecule has 11 heavy (non-hydrogen) atoms. The molecule has 0 unspecified atom stereocenters. The van der Waals surface area contributed by atoms with E-state index in [0.29, 0.717) is 0 Å². The van der Waals surface area contributed by atoms with Gasteiger partial charge in [0.1, 0.15) is 0 Å². The van der Waals surface area contributed by atoms with Gasteiger partial charge in [0.25, 0.3) is 0 Å². The molecule has 62 valence electrons. The summed E-state index contributed by atoms with van der Waals surface area (Å²) in [5.41, 5.74) is 2.97. The molecule has 0 bridgehead atoms. The van der Waals surface area contributed by atoms with Crippen LogP contribution in [0.15, 0.2) is 12.3 Å². The summed E-state index contributed by atoms with van der Waals surface area (Å²) in [4.78, 5) is 0. The largest absolute Gasteiger partial charge is 0.354 e. The minimum absolute atomic E-state index is 0. The fraction of sp³-hybridized carbons (Fsp3) is 0.500. The highest BCUT2D eigenvalue weighted by Crippen LogP contribution is 2.12. The van der Waals surface area contributed by atoms with E-state index in [1.165, 1.54) is 17.7 Å². The van der Waals surface area contributed by atoms with Gasteiger partial charge in [0.15, 0.2) is 0 Å². The number of aryl methyl sites for hydroxylation is 1. The van der Waals surface area contributed by atoms with Crippen LogP contribution in [0.2, 0.25) is 0 Å². The third-order valence-electron chi connectivity index (χ3n) is 2.15. The Morgan fingerprint density at radius 3 is 3.09 bits per heavy atom. The van der Waals surface area contributed by atoms with E-state index in [4.69, 9.17) is 0 Å². The second-order valence-corrected chi connectivity index (χ2v) is 2.83. The lowest BCUT2D eigenvalue weighted by atomic mass is 10.1. The lowest BCUT2D eigenvalue weighted by molar-refractivity contribution is 0.618. The standard InChI is InChI=1S/C8H12N2.ClH/c1-10-5-3-7-6-9-4-2-8(7)10;/h3,5,9H,2,4,6H2,1H3;1H. The Morgan fingerprint density at radius 2 is 2.36 bits per heavy atom. The van der Waals surface area contributed by atoms with Gasteiger partial charge in [-0.1, -0.05) is 0 Å². The SMILES string of the molecule is Cl.Cn1ccc2c1CCNC2. The van der Waals surface area contributed by atoms with Crippen molar-refractivity contribution in [3.8, 4) is 0 Å². The van der Waals surface area contributed by atoms with Crippen LogP contribution >= 0.6 is 12.4 Å². The molecule has 0 spiro atoms. The fourth-order valence-corrected chi connectivity index (χ4v) is 1.54. The lowest BCUT2D eigenvalue weighted by Gasteiger charge is -2.14. The van der Waals surface area contributed by atoms with Crippen molar-refractivity contribution in [3.63, 3.8) is 0 Å². The first-order valence-corrected chi connectivity index (χ1v) is 3.72. The number of nitrogens with zero attached hydrogens (tertiary/aromatic N) is 1. The van der Waals surface area contributed by atoms with E-state index >= 15 is 0 Å². The number of rotatable bonds is 0. The van der Waals surface area contributed by atoms with Crippen molar-refractivity contribution in [1.29, 1.82) is 0 Å². The second-order valence-electron chi connectivity index (χ2n) is 2.83. The van der Waals surface area contributed by atoms with Crippen LogP contribution in [0, 0.1) is 0 Å². The van der Waals surface area contributed by atoms with Crippen LogP contribution in [-0.4, -0.2) is 11.1 Å². The molecule has 2 nitrogen and oxygen atoms in total. The first kappa shape index (κ1) is 8.62. The number of nitrogens with one attached hydrogen (secondary N) is 1. The highest BCUT2D eigenvalue weighted by atomic mass is 35.5. The predicted octanol–water partition coefficient (Wildman–Crippen LogP) is 1.09. The summed E-state index contributed by atoms with van der Waals surface area (Å²) < 4.78 is 2.22. The number of halogens is 1. The van der Waals surface area contributed by atoms with Crippen LogP contribution in [0.5, 0.6) is 0 Å².